The van der Waals surface area contributed by atoms with E-state index >= 15 is 0 Å². The summed E-state index contributed by atoms with van der Waals surface area (Å²) in [7, 11) is 0. The largest absolute Gasteiger partial charge is 0.347 e. The number of fused-ring (bicyclic) bond motifs is 3. The molecule has 3 saturated heterocycles. The lowest BCUT2D eigenvalue weighted by atomic mass is 9.84. The lowest BCUT2D eigenvalue weighted by Crippen LogP contribution is -2.57. The van der Waals surface area contributed by atoms with Crippen molar-refractivity contribution in [1.82, 2.24) is 10.2 Å². The van der Waals surface area contributed by atoms with Gasteiger partial charge in [-0.1, -0.05) is 29.8 Å². The summed E-state index contributed by atoms with van der Waals surface area (Å²) >= 11 is 1.58. The van der Waals surface area contributed by atoms with Crippen molar-refractivity contribution < 1.29 is 4.79 Å². The van der Waals surface area contributed by atoms with Crippen molar-refractivity contribution in [3.8, 4) is 10.4 Å². The first-order valence-electron chi connectivity index (χ1n) is 8.39. The molecule has 0 saturated carbocycles. The third-order valence-electron chi connectivity index (χ3n) is 5.14. The summed E-state index contributed by atoms with van der Waals surface area (Å²) in [6.45, 7) is 5.51. The second-order valence-electron chi connectivity index (χ2n) is 6.75. The molecule has 0 radical (unpaired) electrons. The molecule has 2 aromatic rings. The van der Waals surface area contributed by atoms with Gasteiger partial charge in [0.2, 0.25) is 0 Å². The number of hydrogen-bond donors (Lipinski definition) is 1. The molecule has 0 aliphatic carbocycles. The van der Waals surface area contributed by atoms with E-state index in [1.165, 1.54) is 37.1 Å². The first kappa shape index (κ1) is 14.9. The van der Waals surface area contributed by atoms with Gasteiger partial charge in [0.15, 0.2) is 0 Å². The van der Waals surface area contributed by atoms with Crippen LogP contribution in [0.25, 0.3) is 10.4 Å². The fourth-order valence-electron chi connectivity index (χ4n) is 3.70. The predicted octanol–water partition coefficient (Wildman–Crippen LogP) is 3.55. The topological polar surface area (TPSA) is 32.3 Å². The van der Waals surface area contributed by atoms with Gasteiger partial charge in [0.05, 0.1) is 4.88 Å². The number of carbonyl (C=O) groups excluding carboxylic acids is 1. The van der Waals surface area contributed by atoms with Gasteiger partial charge in [-0.05, 0) is 56.5 Å². The van der Waals surface area contributed by atoms with E-state index in [0.29, 0.717) is 12.0 Å². The smallest absolute Gasteiger partial charge is 0.261 e. The number of thiophene rings is 1. The molecule has 3 fully saturated rings. The summed E-state index contributed by atoms with van der Waals surface area (Å²) in [6, 6.07) is 12.8. The van der Waals surface area contributed by atoms with Crippen molar-refractivity contribution >= 4 is 17.2 Å². The minimum Gasteiger partial charge on any atom is -0.347 e. The highest BCUT2D eigenvalue weighted by atomic mass is 32.1. The van der Waals surface area contributed by atoms with Gasteiger partial charge < -0.3 is 10.2 Å². The Hall–Kier alpha value is -1.65. The molecule has 23 heavy (non-hydrogen) atoms. The van der Waals surface area contributed by atoms with E-state index in [2.05, 4.69) is 47.5 Å². The van der Waals surface area contributed by atoms with Crippen LogP contribution in [0, 0.1) is 12.8 Å². The molecular formula is C19H22N2OS. The van der Waals surface area contributed by atoms with Gasteiger partial charge in [-0.3, -0.25) is 4.79 Å². The molecule has 0 spiro atoms. The Balaban J connectivity index is 1.46. The number of benzene rings is 1. The molecule has 0 unspecified atom stereocenters. The van der Waals surface area contributed by atoms with E-state index in [9.17, 15) is 4.79 Å². The first-order chi connectivity index (χ1) is 11.2. The highest BCUT2D eigenvalue weighted by Gasteiger charge is 2.35. The van der Waals surface area contributed by atoms with Gasteiger partial charge in [0.1, 0.15) is 0 Å². The van der Waals surface area contributed by atoms with Gasteiger partial charge in [-0.25, -0.2) is 0 Å². The van der Waals surface area contributed by atoms with E-state index in [4.69, 9.17) is 0 Å². The Labute approximate surface area is 141 Å². The summed E-state index contributed by atoms with van der Waals surface area (Å²) in [5.41, 5.74) is 2.44. The zero-order chi connectivity index (χ0) is 15.8. The van der Waals surface area contributed by atoms with E-state index < -0.39 is 0 Å². The van der Waals surface area contributed by atoms with E-state index in [1.54, 1.807) is 11.3 Å². The number of hydrogen-bond acceptors (Lipinski definition) is 3. The third kappa shape index (κ3) is 3.06. The maximum absolute atomic E-state index is 12.6. The zero-order valence-corrected chi connectivity index (χ0v) is 14.2. The van der Waals surface area contributed by atoms with Crippen molar-refractivity contribution in [2.24, 2.45) is 5.92 Å². The highest BCUT2D eigenvalue weighted by molar-refractivity contribution is 7.17. The van der Waals surface area contributed by atoms with E-state index in [0.717, 1.165) is 16.3 Å². The Morgan fingerprint density at radius 2 is 1.87 bits per heavy atom. The molecular weight excluding hydrogens is 304 g/mol. The lowest BCUT2D eigenvalue weighted by molar-refractivity contribution is 0.0622. The van der Waals surface area contributed by atoms with E-state index in [-0.39, 0.29) is 5.91 Å². The Morgan fingerprint density at radius 1 is 1.13 bits per heavy atom. The highest BCUT2D eigenvalue weighted by Crippen LogP contribution is 2.30. The summed E-state index contributed by atoms with van der Waals surface area (Å²) in [5, 5.41) is 3.27. The van der Waals surface area contributed by atoms with Crippen molar-refractivity contribution in [2.75, 3.05) is 19.6 Å². The molecule has 5 rings (SSSR count). The molecule has 3 aliphatic rings. The minimum absolute atomic E-state index is 0.0899. The monoisotopic (exact) mass is 326 g/mol. The maximum Gasteiger partial charge on any atom is 0.261 e. The van der Waals surface area contributed by atoms with Gasteiger partial charge in [-0.2, -0.15) is 0 Å². The van der Waals surface area contributed by atoms with Crippen molar-refractivity contribution in [3.63, 3.8) is 0 Å². The molecule has 1 N–H and O–H groups in total. The van der Waals surface area contributed by atoms with Crippen molar-refractivity contribution in [1.29, 1.82) is 0 Å². The van der Waals surface area contributed by atoms with Gasteiger partial charge in [-0.15, -0.1) is 11.3 Å². The average Bonchev–Trinajstić information content (AvgIpc) is 3.07. The number of amides is 1. The molecule has 1 aromatic heterocycles. The van der Waals surface area contributed by atoms with Crippen molar-refractivity contribution in [2.45, 2.75) is 25.8 Å². The maximum atomic E-state index is 12.6. The molecule has 1 aromatic carbocycles. The summed E-state index contributed by atoms with van der Waals surface area (Å²) in [4.78, 5) is 17.0. The summed E-state index contributed by atoms with van der Waals surface area (Å²) < 4.78 is 0. The quantitative estimate of drug-likeness (QED) is 0.935. The number of piperidine rings is 3. The standard InChI is InChI=1S/C19H22N2OS/c1-13-2-4-15(5-3-13)17-6-7-18(23-17)19(22)20-16-12-21-10-8-14(16)9-11-21/h2-7,14,16H,8-12H2,1H3,(H,20,22)/t16-/m0/s1. The number of rotatable bonds is 3. The van der Waals surface area contributed by atoms with Crippen LogP contribution in [0.4, 0.5) is 0 Å². The summed E-state index contributed by atoms with van der Waals surface area (Å²) in [6.07, 6.45) is 2.45. The summed E-state index contributed by atoms with van der Waals surface area (Å²) in [5.74, 6) is 0.757. The van der Waals surface area contributed by atoms with Crippen LogP contribution in [0.15, 0.2) is 36.4 Å². The zero-order valence-electron chi connectivity index (χ0n) is 13.4. The van der Waals surface area contributed by atoms with Crippen LogP contribution >= 0.6 is 11.3 Å². The Bertz CT molecular complexity index is 698. The van der Waals surface area contributed by atoms with Gasteiger partial charge >= 0.3 is 0 Å². The number of carbonyl (C=O) groups is 1. The third-order valence-corrected chi connectivity index (χ3v) is 6.27. The van der Waals surface area contributed by atoms with Crippen LogP contribution in [0.3, 0.4) is 0 Å². The first-order valence-corrected chi connectivity index (χ1v) is 9.21. The lowest BCUT2D eigenvalue weighted by Gasteiger charge is -2.44. The molecule has 3 nitrogen and oxygen atoms in total. The van der Waals surface area contributed by atoms with Crippen LogP contribution < -0.4 is 5.32 Å². The second-order valence-corrected chi connectivity index (χ2v) is 7.83. The Kier molecular flexibility index (Phi) is 3.95. The average molecular weight is 326 g/mol. The van der Waals surface area contributed by atoms with Crippen LogP contribution in [0.1, 0.15) is 28.1 Å². The number of nitrogens with one attached hydrogen (secondary N) is 1. The predicted molar refractivity (Wildman–Crippen MR) is 94.9 cm³/mol. The van der Waals surface area contributed by atoms with Crippen molar-refractivity contribution in [3.05, 3.63) is 46.8 Å². The molecule has 4 heterocycles. The molecule has 2 bridgehead atoms. The van der Waals surface area contributed by atoms with E-state index in [1.807, 2.05) is 6.07 Å². The molecule has 1 atom stereocenters. The fourth-order valence-corrected chi connectivity index (χ4v) is 4.62. The second kappa shape index (κ2) is 6.10. The van der Waals surface area contributed by atoms with Gasteiger partial charge in [0.25, 0.3) is 5.91 Å². The van der Waals surface area contributed by atoms with Crippen LogP contribution in [-0.4, -0.2) is 36.5 Å². The SMILES string of the molecule is Cc1ccc(-c2ccc(C(=O)N[C@H]3CN4CCC3CC4)s2)cc1. The van der Waals surface area contributed by atoms with Gasteiger partial charge in [0, 0.05) is 17.5 Å². The fraction of sp³-hybridized carbons (Fsp3) is 0.421. The van der Waals surface area contributed by atoms with Crippen LogP contribution in [0.5, 0.6) is 0 Å². The minimum atomic E-state index is 0.0899. The molecule has 4 heteroatoms. The Morgan fingerprint density at radius 3 is 2.52 bits per heavy atom. The van der Waals surface area contributed by atoms with Crippen LogP contribution in [0.2, 0.25) is 0 Å². The molecule has 120 valence electrons. The molecule has 1 amide bonds. The molecule has 3 aliphatic heterocycles. The number of nitrogens with zero attached hydrogens (tertiary/aromatic N) is 1. The number of aryl methyl sites for hydroxylation is 1. The van der Waals surface area contributed by atoms with Crippen LogP contribution in [-0.2, 0) is 0 Å². The normalized spacial score (nSPS) is 26.2.